The van der Waals surface area contributed by atoms with Crippen LogP contribution in [0, 0.1) is 0 Å². The quantitative estimate of drug-likeness (QED) is 0.776. The van der Waals surface area contributed by atoms with Crippen LogP contribution >= 0.6 is 0 Å². The van der Waals surface area contributed by atoms with Crippen molar-refractivity contribution in [1.82, 2.24) is 25.5 Å². The van der Waals surface area contributed by atoms with Crippen LogP contribution in [0.25, 0.3) is 0 Å². The molecule has 0 radical (unpaired) electrons. The number of nitrogens with one attached hydrogen (secondary N) is 1. The highest BCUT2D eigenvalue weighted by Gasteiger charge is 2.20. The lowest BCUT2D eigenvalue weighted by molar-refractivity contribution is 0.537. The highest BCUT2D eigenvalue weighted by molar-refractivity contribution is 5.32. The molecule has 0 unspecified atom stereocenters. The Morgan fingerprint density at radius 3 is 2.05 bits per heavy atom. The van der Waals surface area contributed by atoms with Crippen LogP contribution in [0.5, 0.6) is 0 Å². The van der Waals surface area contributed by atoms with E-state index in [1.807, 2.05) is 48.1 Å². The van der Waals surface area contributed by atoms with Crippen molar-refractivity contribution in [3.8, 4) is 0 Å². The van der Waals surface area contributed by atoms with Gasteiger partial charge in [0.2, 0.25) is 0 Å². The van der Waals surface area contributed by atoms with E-state index in [0.717, 1.165) is 17.0 Å². The summed E-state index contributed by atoms with van der Waals surface area (Å²) >= 11 is 0. The van der Waals surface area contributed by atoms with E-state index < -0.39 is 0 Å². The first-order chi connectivity index (χ1) is 10.4. The number of tetrazole rings is 1. The molecule has 0 atom stereocenters. The Bertz CT molecular complexity index is 639. The summed E-state index contributed by atoms with van der Waals surface area (Å²) in [5.41, 5.74) is 2.32. The molecule has 0 fully saturated rings. The van der Waals surface area contributed by atoms with Gasteiger partial charge in [-0.25, -0.2) is 4.68 Å². The maximum atomic E-state index is 4.20. The first-order valence-electron chi connectivity index (χ1n) is 6.91. The molecular formula is C16H17N5. The third-order valence-corrected chi connectivity index (χ3v) is 3.37. The summed E-state index contributed by atoms with van der Waals surface area (Å²) in [5, 5.41) is 15.3. The number of rotatable bonds is 5. The fraction of sp³-hybridized carbons (Fsp3) is 0.188. The number of benzene rings is 2. The number of aromatic nitrogens is 4. The lowest BCUT2D eigenvalue weighted by atomic mass is 9.99. The maximum absolute atomic E-state index is 4.20. The highest BCUT2D eigenvalue weighted by Crippen LogP contribution is 2.26. The van der Waals surface area contributed by atoms with Gasteiger partial charge in [-0.1, -0.05) is 60.7 Å². The minimum Gasteiger partial charge on any atom is -0.313 e. The minimum atomic E-state index is -0.0225. The van der Waals surface area contributed by atoms with Crippen molar-refractivity contribution < 1.29 is 0 Å². The molecule has 3 aromatic rings. The molecule has 21 heavy (non-hydrogen) atoms. The van der Waals surface area contributed by atoms with Crippen molar-refractivity contribution in [1.29, 1.82) is 0 Å². The topological polar surface area (TPSA) is 55.6 Å². The van der Waals surface area contributed by atoms with Crippen LogP contribution in [-0.2, 0) is 6.54 Å². The molecule has 5 nitrogen and oxygen atoms in total. The van der Waals surface area contributed by atoms with Gasteiger partial charge in [-0.3, -0.25) is 0 Å². The molecular weight excluding hydrogens is 262 g/mol. The predicted octanol–water partition coefficient (Wildman–Crippen LogP) is 2.03. The van der Waals surface area contributed by atoms with Crippen LogP contribution < -0.4 is 5.32 Å². The van der Waals surface area contributed by atoms with Crippen molar-refractivity contribution >= 4 is 0 Å². The standard InChI is InChI=1S/C16H17N5/c1-17-12-15-18-19-20-21(15)16(13-8-4-2-5-9-13)14-10-6-3-7-11-14/h2-11,16-17H,12H2,1H3. The summed E-state index contributed by atoms with van der Waals surface area (Å²) in [5.74, 6) is 0.815. The molecule has 0 saturated carbocycles. The molecule has 0 aliphatic carbocycles. The van der Waals surface area contributed by atoms with Gasteiger partial charge in [-0.15, -0.1) is 5.10 Å². The Morgan fingerprint density at radius 1 is 0.952 bits per heavy atom. The molecule has 0 saturated heterocycles. The van der Waals surface area contributed by atoms with E-state index in [0.29, 0.717) is 6.54 Å². The Labute approximate surface area is 123 Å². The Morgan fingerprint density at radius 2 is 1.52 bits per heavy atom. The molecule has 0 spiro atoms. The fourth-order valence-electron chi connectivity index (χ4n) is 2.43. The summed E-state index contributed by atoms with van der Waals surface area (Å²) in [6.07, 6.45) is 0. The van der Waals surface area contributed by atoms with Gasteiger partial charge in [0.25, 0.3) is 0 Å². The van der Waals surface area contributed by atoms with Gasteiger partial charge in [0.15, 0.2) is 5.82 Å². The minimum absolute atomic E-state index is 0.0225. The molecule has 0 aliphatic rings. The highest BCUT2D eigenvalue weighted by atomic mass is 15.6. The monoisotopic (exact) mass is 279 g/mol. The van der Waals surface area contributed by atoms with E-state index in [1.54, 1.807) is 0 Å². The van der Waals surface area contributed by atoms with Gasteiger partial charge in [-0.2, -0.15) is 0 Å². The summed E-state index contributed by atoms with van der Waals surface area (Å²) in [6, 6.07) is 20.5. The smallest absolute Gasteiger partial charge is 0.166 e. The third-order valence-electron chi connectivity index (χ3n) is 3.37. The van der Waals surface area contributed by atoms with Crippen LogP contribution in [0.15, 0.2) is 60.7 Å². The third kappa shape index (κ3) is 2.83. The lowest BCUT2D eigenvalue weighted by Crippen LogP contribution is -2.20. The Hall–Kier alpha value is -2.53. The largest absolute Gasteiger partial charge is 0.313 e. The molecule has 0 amide bonds. The van der Waals surface area contributed by atoms with Gasteiger partial charge in [0.1, 0.15) is 6.04 Å². The molecule has 1 aromatic heterocycles. The second kappa shape index (κ2) is 6.28. The zero-order valence-corrected chi connectivity index (χ0v) is 11.8. The van der Waals surface area contributed by atoms with E-state index in [4.69, 9.17) is 0 Å². The second-order valence-electron chi connectivity index (χ2n) is 4.79. The summed E-state index contributed by atoms with van der Waals surface area (Å²) in [6.45, 7) is 0.628. The van der Waals surface area contributed by atoms with Crippen LogP contribution in [0.4, 0.5) is 0 Å². The van der Waals surface area contributed by atoms with Crippen LogP contribution in [0.2, 0.25) is 0 Å². The van der Waals surface area contributed by atoms with Crippen molar-refractivity contribution in [3.63, 3.8) is 0 Å². The zero-order chi connectivity index (χ0) is 14.5. The fourth-order valence-corrected chi connectivity index (χ4v) is 2.43. The molecule has 0 aliphatic heterocycles. The van der Waals surface area contributed by atoms with Gasteiger partial charge in [0, 0.05) is 0 Å². The van der Waals surface area contributed by atoms with E-state index in [1.165, 1.54) is 0 Å². The Kier molecular flexibility index (Phi) is 4.02. The van der Waals surface area contributed by atoms with Crippen molar-refractivity contribution in [2.24, 2.45) is 0 Å². The summed E-state index contributed by atoms with van der Waals surface area (Å²) < 4.78 is 1.88. The average Bonchev–Trinajstić information content (AvgIpc) is 2.98. The summed E-state index contributed by atoms with van der Waals surface area (Å²) in [4.78, 5) is 0. The van der Waals surface area contributed by atoms with Gasteiger partial charge in [0.05, 0.1) is 6.54 Å². The maximum Gasteiger partial charge on any atom is 0.166 e. The number of hydrogen-bond acceptors (Lipinski definition) is 4. The van der Waals surface area contributed by atoms with E-state index in [2.05, 4.69) is 45.1 Å². The number of hydrogen-bond donors (Lipinski definition) is 1. The Balaban J connectivity index is 2.11. The van der Waals surface area contributed by atoms with E-state index in [-0.39, 0.29) is 6.04 Å². The van der Waals surface area contributed by atoms with Crippen LogP contribution in [0.1, 0.15) is 23.0 Å². The van der Waals surface area contributed by atoms with Crippen molar-refractivity contribution in [2.75, 3.05) is 7.05 Å². The molecule has 2 aromatic carbocycles. The second-order valence-corrected chi connectivity index (χ2v) is 4.79. The van der Waals surface area contributed by atoms with Crippen molar-refractivity contribution in [3.05, 3.63) is 77.6 Å². The van der Waals surface area contributed by atoms with Crippen LogP contribution in [0.3, 0.4) is 0 Å². The molecule has 1 heterocycles. The molecule has 0 bridgehead atoms. The molecule has 106 valence electrons. The molecule has 5 heteroatoms. The SMILES string of the molecule is CNCc1nnnn1C(c1ccccc1)c1ccccc1. The van der Waals surface area contributed by atoms with Gasteiger partial charge >= 0.3 is 0 Å². The first kappa shape index (κ1) is 13.5. The average molecular weight is 279 g/mol. The number of nitrogens with zero attached hydrogens (tertiary/aromatic N) is 4. The van der Waals surface area contributed by atoms with Crippen molar-refractivity contribution in [2.45, 2.75) is 12.6 Å². The molecule has 3 rings (SSSR count). The van der Waals surface area contributed by atoms with Gasteiger partial charge in [-0.05, 0) is 28.6 Å². The molecule has 1 N–H and O–H groups in total. The normalized spacial score (nSPS) is 11.0. The van der Waals surface area contributed by atoms with Crippen LogP contribution in [-0.4, -0.2) is 27.3 Å². The lowest BCUT2D eigenvalue weighted by Gasteiger charge is -2.19. The zero-order valence-electron chi connectivity index (χ0n) is 11.8. The van der Waals surface area contributed by atoms with E-state index in [9.17, 15) is 0 Å². The summed E-state index contributed by atoms with van der Waals surface area (Å²) in [7, 11) is 1.89. The van der Waals surface area contributed by atoms with E-state index >= 15 is 0 Å². The first-order valence-corrected chi connectivity index (χ1v) is 6.91. The van der Waals surface area contributed by atoms with Gasteiger partial charge < -0.3 is 5.32 Å². The predicted molar refractivity (Wildman–Crippen MR) is 80.7 cm³/mol.